The minimum absolute atomic E-state index is 0.0404. The zero-order valence-corrected chi connectivity index (χ0v) is 16.8. The number of nitrogens with one attached hydrogen (secondary N) is 1. The first kappa shape index (κ1) is 20.1. The Hall–Kier alpha value is -2.67. The summed E-state index contributed by atoms with van der Waals surface area (Å²) in [5.41, 5.74) is 1.42. The van der Waals surface area contributed by atoms with Gasteiger partial charge in [0.15, 0.2) is 5.16 Å². The summed E-state index contributed by atoms with van der Waals surface area (Å²) in [6.07, 6.45) is 0.766. The van der Waals surface area contributed by atoms with E-state index in [1.54, 1.807) is 35.8 Å². The van der Waals surface area contributed by atoms with Crippen LogP contribution in [0.1, 0.15) is 31.9 Å². The maximum Gasteiger partial charge on any atom is 0.262 e. The Labute approximate surface area is 167 Å². The molecule has 3 rings (SSSR count). The molecule has 0 aliphatic heterocycles. The monoisotopic (exact) mass is 399 g/mol. The van der Waals surface area contributed by atoms with Crippen LogP contribution < -0.4 is 10.9 Å². The van der Waals surface area contributed by atoms with Crippen molar-refractivity contribution in [2.75, 3.05) is 11.1 Å². The van der Waals surface area contributed by atoms with E-state index in [0.29, 0.717) is 27.3 Å². The summed E-state index contributed by atoms with van der Waals surface area (Å²) in [5, 5.41) is 3.74. The van der Waals surface area contributed by atoms with Crippen LogP contribution in [0.5, 0.6) is 0 Å². The zero-order valence-electron chi connectivity index (χ0n) is 16.0. The van der Waals surface area contributed by atoms with Crippen molar-refractivity contribution in [2.24, 2.45) is 0 Å². The minimum atomic E-state index is -0.368. The van der Waals surface area contributed by atoms with E-state index in [-0.39, 0.29) is 29.1 Å². The second-order valence-electron chi connectivity index (χ2n) is 6.64. The summed E-state index contributed by atoms with van der Waals surface area (Å²) in [6.45, 7) is 5.62. The first-order chi connectivity index (χ1) is 13.4. The van der Waals surface area contributed by atoms with Gasteiger partial charge in [-0.3, -0.25) is 14.2 Å². The van der Waals surface area contributed by atoms with E-state index in [9.17, 15) is 14.0 Å². The van der Waals surface area contributed by atoms with E-state index < -0.39 is 0 Å². The topological polar surface area (TPSA) is 64.0 Å². The molecule has 1 aromatic heterocycles. The van der Waals surface area contributed by atoms with Gasteiger partial charge in [-0.15, -0.1) is 0 Å². The summed E-state index contributed by atoms with van der Waals surface area (Å²) in [7, 11) is 0. The average Bonchev–Trinajstić information content (AvgIpc) is 2.69. The highest BCUT2D eigenvalue weighted by atomic mass is 32.2. The standard InChI is InChI=1S/C21H22FN3O2S/c1-4-14(3)25-20(27)16-7-5-6-8-18(16)24-21(25)28-12-19(26)23-15-10-9-13(2)17(22)11-15/h5-11,14H,4,12H2,1-3H3,(H,23,26)/t14-/m0/s1. The molecule has 0 saturated carbocycles. The Kier molecular flexibility index (Phi) is 6.14. The molecular weight excluding hydrogens is 377 g/mol. The van der Waals surface area contributed by atoms with Gasteiger partial charge in [-0.25, -0.2) is 9.37 Å². The molecule has 0 aliphatic rings. The molecule has 1 amide bonds. The average molecular weight is 399 g/mol. The number of rotatable bonds is 6. The van der Waals surface area contributed by atoms with E-state index in [2.05, 4.69) is 10.3 Å². The fourth-order valence-corrected chi connectivity index (χ4v) is 3.69. The molecule has 0 saturated heterocycles. The third kappa shape index (κ3) is 4.25. The van der Waals surface area contributed by atoms with Gasteiger partial charge in [0.2, 0.25) is 5.91 Å². The van der Waals surface area contributed by atoms with Crippen LogP contribution in [0.15, 0.2) is 52.4 Å². The first-order valence-corrected chi connectivity index (χ1v) is 10.1. The van der Waals surface area contributed by atoms with Gasteiger partial charge in [0, 0.05) is 11.7 Å². The Bertz CT molecular complexity index is 1080. The third-order valence-electron chi connectivity index (χ3n) is 4.59. The van der Waals surface area contributed by atoms with Crippen molar-refractivity contribution in [1.29, 1.82) is 0 Å². The van der Waals surface area contributed by atoms with E-state index in [0.717, 1.165) is 6.42 Å². The Morgan fingerprint density at radius 3 is 2.75 bits per heavy atom. The van der Waals surface area contributed by atoms with Gasteiger partial charge < -0.3 is 5.32 Å². The molecule has 0 unspecified atom stereocenters. The molecule has 2 aromatic carbocycles. The van der Waals surface area contributed by atoms with Crippen molar-refractivity contribution in [3.63, 3.8) is 0 Å². The molecule has 1 heterocycles. The molecule has 1 N–H and O–H groups in total. The van der Waals surface area contributed by atoms with Gasteiger partial charge in [-0.2, -0.15) is 0 Å². The van der Waals surface area contributed by atoms with Gasteiger partial charge in [0.25, 0.3) is 5.56 Å². The SMILES string of the molecule is CC[C@H](C)n1c(SCC(=O)Nc2ccc(C)c(F)c2)nc2ccccc2c1=O. The van der Waals surface area contributed by atoms with Gasteiger partial charge >= 0.3 is 0 Å². The number of amides is 1. The molecule has 0 radical (unpaired) electrons. The number of thioether (sulfide) groups is 1. The molecule has 1 atom stereocenters. The van der Waals surface area contributed by atoms with Crippen molar-refractivity contribution >= 4 is 34.3 Å². The molecular formula is C21H22FN3O2S. The second-order valence-corrected chi connectivity index (χ2v) is 7.59. The maximum absolute atomic E-state index is 13.6. The number of aromatic nitrogens is 2. The van der Waals surface area contributed by atoms with Crippen LogP contribution in [-0.4, -0.2) is 21.2 Å². The lowest BCUT2D eigenvalue weighted by Crippen LogP contribution is -2.26. The van der Waals surface area contributed by atoms with Crippen LogP contribution in [0.25, 0.3) is 10.9 Å². The van der Waals surface area contributed by atoms with Gasteiger partial charge in [0.1, 0.15) is 5.82 Å². The predicted octanol–water partition coefficient (Wildman–Crippen LogP) is 4.55. The lowest BCUT2D eigenvalue weighted by molar-refractivity contribution is -0.113. The molecule has 146 valence electrons. The zero-order chi connectivity index (χ0) is 20.3. The molecule has 5 nitrogen and oxygen atoms in total. The van der Waals surface area contributed by atoms with Gasteiger partial charge in [0.05, 0.1) is 16.7 Å². The highest BCUT2D eigenvalue weighted by Gasteiger charge is 2.16. The summed E-state index contributed by atoms with van der Waals surface area (Å²) in [4.78, 5) is 29.8. The first-order valence-electron chi connectivity index (χ1n) is 9.10. The third-order valence-corrected chi connectivity index (χ3v) is 5.55. The largest absolute Gasteiger partial charge is 0.325 e. The number of anilines is 1. The summed E-state index contributed by atoms with van der Waals surface area (Å²) < 4.78 is 15.3. The molecule has 0 bridgehead atoms. The van der Waals surface area contributed by atoms with Crippen molar-refractivity contribution in [3.8, 4) is 0 Å². The van der Waals surface area contributed by atoms with Crippen molar-refractivity contribution < 1.29 is 9.18 Å². The van der Waals surface area contributed by atoms with E-state index in [1.807, 2.05) is 26.0 Å². The second kappa shape index (κ2) is 8.56. The number of hydrogen-bond acceptors (Lipinski definition) is 4. The highest BCUT2D eigenvalue weighted by molar-refractivity contribution is 7.99. The van der Waals surface area contributed by atoms with Crippen molar-refractivity contribution in [1.82, 2.24) is 9.55 Å². The van der Waals surface area contributed by atoms with E-state index in [1.165, 1.54) is 17.8 Å². The predicted molar refractivity (Wildman–Crippen MR) is 111 cm³/mol. The van der Waals surface area contributed by atoms with Crippen LogP contribution in [0.2, 0.25) is 0 Å². The Balaban J connectivity index is 1.83. The number of hydrogen-bond donors (Lipinski definition) is 1. The molecule has 0 aliphatic carbocycles. The molecule has 0 spiro atoms. The Morgan fingerprint density at radius 1 is 1.29 bits per heavy atom. The number of nitrogens with zero attached hydrogens (tertiary/aromatic N) is 2. The fraction of sp³-hybridized carbons (Fsp3) is 0.286. The Morgan fingerprint density at radius 2 is 2.04 bits per heavy atom. The van der Waals surface area contributed by atoms with Gasteiger partial charge in [-0.1, -0.05) is 36.9 Å². The normalized spacial score (nSPS) is 12.1. The minimum Gasteiger partial charge on any atom is -0.325 e. The number of carbonyl (C=O) groups excluding carboxylic acids is 1. The molecule has 0 fully saturated rings. The van der Waals surface area contributed by atoms with E-state index >= 15 is 0 Å². The summed E-state index contributed by atoms with van der Waals surface area (Å²) >= 11 is 1.20. The summed E-state index contributed by atoms with van der Waals surface area (Å²) in [6, 6.07) is 11.7. The number of para-hydroxylation sites is 1. The quantitative estimate of drug-likeness (QED) is 0.488. The molecule has 7 heteroatoms. The van der Waals surface area contributed by atoms with Crippen LogP contribution in [0.3, 0.4) is 0 Å². The number of fused-ring (bicyclic) bond motifs is 1. The number of aryl methyl sites for hydroxylation is 1. The lowest BCUT2D eigenvalue weighted by atomic mass is 10.2. The van der Waals surface area contributed by atoms with Crippen LogP contribution in [-0.2, 0) is 4.79 Å². The van der Waals surface area contributed by atoms with Crippen molar-refractivity contribution in [3.05, 3.63) is 64.2 Å². The summed E-state index contributed by atoms with van der Waals surface area (Å²) in [5.74, 6) is -0.588. The maximum atomic E-state index is 13.6. The van der Waals surface area contributed by atoms with E-state index in [4.69, 9.17) is 0 Å². The van der Waals surface area contributed by atoms with Crippen LogP contribution in [0, 0.1) is 12.7 Å². The molecule has 28 heavy (non-hydrogen) atoms. The smallest absolute Gasteiger partial charge is 0.262 e. The fourth-order valence-electron chi connectivity index (χ4n) is 2.80. The number of benzene rings is 2. The lowest BCUT2D eigenvalue weighted by Gasteiger charge is -2.18. The van der Waals surface area contributed by atoms with Crippen LogP contribution >= 0.6 is 11.8 Å². The van der Waals surface area contributed by atoms with Gasteiger partial charge in [-0.05, 0) is 50.1 Å². The molecule has 3 aromatic rings. The van der Waals surface area contributed by atoms with Crippen molar-refractivity contribution in [2.45, 2.75) is 38.4 Å². The number of halogens is 1. The van der Waals surface area contributed by atoms with Crippen LogP contribution in [0.4, 0.5) is 10.1 Å². The highest BCUT2D eigenvalue weighted by Crippen LogP contribution is 2.23. The number of carbonyl (C=O) groups is 1.